The van der Waals surface area contributed by atoms with Gasteiger partial charge in [0.1, 0.15) is 11.4 Å². The summed E-state index contributed by atoms with van der Waals surface area (Å²) in [5, 5.41) is 0. The van der Waals surface area contributed by atoms with E-state index < -0.39 is 0 Å². The van der Waals surface area contributed by atoms with Crippen LogP contribution in [0.2, 0.25) is 0 Å². The van der Waals surface area contributed by atoms with Gasteiger partial charge in [0.15, 0.2) is 0 Å². The predicted octanol–water partition coefficient (Wildman–Crippen LogP) is 29.1. The molecule has 0 amide bonds. The number of benzene rings is 2. The number of hydrogen-bond acceptors (Lipinski definition) is 8. The van der Waals surface area contributed by atoms with Crippen molar-refractivity contribution < 1.29 is 9.59 Å². The molecule has 6 nitrogen and oxygen atoms in total. The predicted molar refractivity (Wildman–Crippen MR) is 428 cm³/mol. The summed E-state index contributed by atoms with van der Waals surface area (Å²) in [6.45, 7) is 14.9. The van der Waals surface area contributed by atoms with E-state index >= 15 is 9.59 Å². The van der Waals surface area contributed by atoms with Crippen molar-refractivity contribution in [2.45, 2.75) is 337 Å². The summed E-state index contributed by atoms with van der Waals surface area (Å²) in [5.74, 6) is 1.13. The highest BCUT2D eigenvalue weighted by atomic mass is 32.1. The van der Waals surface area contributed by atoms with Crippen molar-refractivity contribution in [2.24, 2.45) is 11.8 Å². The number of allylic oxidation sites excluding steroid dienone is 2. The Balaban J connectivity index is 1.05. The Labute approximate surface area is 605 Å². The van der Waals surface area contributed by atoms with E-state index in [0.29, 0.717) is 35.3 Å². The average molecular weight is 1370 g/mol. The minimum atomic E-state index is -0.0119. The summed E-state index contributed by atoms with van der Waals surface area (Å²) in [7, 11) is 0. The minimum Gasteiger partial charge on any atom is -0.336 e. The molecule has 8 rings (SSSR count). The van der Waals surface area contributed by atoms with Gasteiger partial charge < -0.3 is 9.80 Å². The van der Waals surface area contributed by atoms with Crippen LogP contribution in [0.4, 0.5) is 11.4 Å². The molecule has 0 bridgehead atoms. The van der Waals surface area contributed by atoms with Gasteiger partial charge in [-0.1, -0.05) is 328 Å². The van der Waals surface area contributed by atoms with Crippen LogP contribution in [-0.2, 0) is 0 Å². The number of aromatic nitrogens is 2. The molecule has 2 aliphatic rings. The third-order valence-electron chi connectivity index (χ3n) is 21.8. The molecule has 2 aromatic carbocycles. The van der Waals surface area contributed by atoms with Crippen LogP contribution in [0.3, 0.4) is 0 Å². The average Bonchev–Trinajstić information content (AvgIpc) is 1.57. The number of unbranched alkanes of at least 4 members (excludes halogenated alkanes) is 36. The molecule has 0 radical (unpaired) electrons. The first-order valence-electron chi connectivity index (χ1n) is 40.9. The van der Waals surface area contributed by atoms with Crippen molar-refractivity contribution in [3.63, 3.8) is 0 Å². The SMILES string of the molecule is CCCCCCCCCCCCCCC(CCCCCCCCCC)CCN1/C(=C2\C(=O)c3ccc(-c4ccc(-c5ccc(-c6ccc(-c7ccc(C)nc7)s6)s5)cn4)cc3N2CCC(CCCCCCCCCC)CCCCCCCCCCCCCC)C(=O)c2ccc(C)cc21. The largest absolute Gasteiger partial charge is 0.336 e. The standard InChI is InChI=1S/C90H132N4O2S2/c1-7-11-15-19-23-27-29-31-33-37-41-45-48-73(47-43-39-35-25-21-17-13-9-3)63-65-93-81-67-71(5)51-56-78(81)89(95)87(93)88-90(96)79-57-54-75(80-58-55-77(70-92-80)84-60-62-86(98-84)85-61-59-83(97-85)76-53-52-72(6)91-69-76)68-82(79)94(88)66-64-74(49-44-40-36-26-22-18-14-10-4)50-46-42-38-34-32-30-28-24-20-16-12-8-2/h51-62,67-70,73-74H,7-50,63-66H2,1-6H3/b88-87+. The second kappa shape index (κ2) is 45.6. The maximum atomic E-state index is 15.8. The maximum Gasteiger partial charge on any atom is 0.213 e. The number of nitrogens with zero attached hydrogens (tertiary/aromatic N) is 4. The Morgan fingerprint density at radius 1 is 0.327 bits per heavy atom. The third-order valence-corrected chi connectivity index (χ3v) is 24.3. The first kappa shape index (κ1) is 78.5. The molecular formula is C90H132N4O2S2. The third kappa shape index (κ3) is 25.7. The number of rotatable bonds is 54. The van der Waals surface area contributed by atoms with Crippen LogP contribution in [0.1, 0.15) is 355 Å². The Hall–Kier alpha value is -5.18. The van der Waals surface area contributed by atoms with Crippen LogP contribution < -0.4 is 9.80 Å². The quantitative estimate of drug-likeness (QED) is 0.0280. The van der Waals surface area contributed by atoms with E-state index in [1.54, 1.807) is 11.3 Å². The lowest BCUT2D eigenvalue weighted by Crippen LogP contribution is -2.32. The van der Waals surface area contributed by atoms with Gasteiger partial charge in [-0.2, -0.15) is 0 Å². The van der Waals surface area contributed by atoms with E-state index in [1.807, 2.05) is 30.7 Å². The fraction of sp³-hybridized carbons (Fsp3) is 0.622. The molecule has 0 saturated heterocycles. The zero-order valence-corrected chi connectivity index (χ0v) is 64.4. The molecule has 2 aliphatic heterocycles. The van der Waals surface area contributed by atoms with Crippen LogP contribution >= 0.6 is 22.7 Å². The Morgan fingerprint density at radius 3 is 1.01 bits per heavy atom. The first-order valence-corrected chi connectivity index (χ1v) is 42.6. The van der Waals surface area contributed by atoms with Crippen molar-refractivity contribution in [1.29, 1.82) is 0 Å². The highest BCUT2D eigenvalue weighted by Crippen LogP contribution is 2.46. The zero-order chi connectivity index (χ0) is 68.8. The minimum absolute atomic E-state index is 0.00557. The highest BCUT2D eigenvalue weighted by molar-refractivity contribution is 7.25. The lowest BCUT2D eigenvalue weighted by Gasteiger charge is -2.29. The van der Waals surface area contributed by atoms with E-state index in [2.05, 4.69) is 134 Å². The van der Waals surface area contributed by atoms with Gasteiger partial charge in [-0.25, -0.2) is 0 Å². The first-order chi connectivity index (χ1) is 48.2. The van der Waals surface area contributed by atoms with Gasteiger partial charge in [0, 0.05) is 78.5 Å². The molecule has 0 spiro atoms. The van der Waals surface area contributed by atoms with Crippen LogP contribution in [0.15, 0.2) is 109 Å². The van der Waals surface area contributed by atoms with Crippen molar-refractivity contribution >= 4 is 45.6 Å². The van der Waals surface area contributed by atoms with E-state index in [1.165, 1.54) is 302 Å². The van der Waals surface area contributed by atoms with E-state index in [0.717, 1.165) is 70.0 Å². The second-order valence-electron chi connectivity index (χ2n) is 30.1. The Morgan fingerprint density at radius 2 is 0.653 bits per heavy atom. The second-order valence-corrected chi connectivity index (χ2v) is 32.2. The molecule has 98 heavy (non-hydrogen) atoms. The lowest BCUT2D eigenvalue weighted by molar-refractivity contribution is 0.100. The van der Waals surface area contributed by atoms with Gasteiger partial charge in [0.2, 0.25) is 11.6 Å². The van der Waals surface area contributed by atoms with Gasteiger partial charge >= 0.3 is 0 Å². The molecule has 0 fully saturated rings. The summed E-state index contributed by atoms with van der Waals surface area (Å²) < 4.78 is 0. The molecule has 2 unspecified atom stereocenters. The number of Topliss-reactive ketones (excluding diaryl/α,β-unsaturated/α-hetero) is 2. The number of ketones is 2. The van der Waals surface area contributed by atoms with Crippen molar-refractivity contribution in [3.05, 3.63) is 131 Å². The molecular weight excluding hydrogens is 1230 g/mol. The highest BCUT2D eigenvalue weighted by Gasteiger charge is 2.43. The Bertz CT molecular complexity index is 3220. The summed E-state index contributed by atoms with van der Waals surface area (Å²) in [6.07, 6.45) is 64.9. The monoisotopic (exact) mass is 1360 g/mol. The van der Waals surface area contributed by atoms with E-state index in [9.17, 15) is 0 Å². The molecule has 0 saturated carbocycles. The van der Waals surface area contributed by atoms with E-state index in [4.69, 9.17) is 4.98 Å². The summed E-state index contributed by atoms with van der Waals surface area (Å²) in [5.41, 5.74) is 10.8. The maximum absolute atomic E-state index is 15.8. The van der Waals surface area contributed by atoms with Crippen LogP contribution in [0.25, 0.3) is 41.9 Å². The molecule has 0 aliphatic carbocycles. The topological polar surface area (TPSA) is 66.4 Å². The number of aryl methyl sites for hydroxylation is 2. The lowest BCUT2D eigenvalue weighted by atomic mass is 9.91. The summed E-state index contributed by atoms with van der Waals surface area (Å²) >= 11 is 3.61. The molecule has 536 valence electrons. The van der Waals surface area contributed by atoms with Crippen molar-refractivity contribution in [2.75, 3.05) is 22.9 Å². The number of fused-ring (bicyclic) bond motifs is 2. The van der Waals surface area contributed by atoms with Crippen LogP contribution in [0, 0.1) is 25.7 Å². The number of hydrogen-bond donors (Lipinski definition) is 0. The molecule has 0 N–H and O–H groups in total. The smallest absolute Gasteiger partial charge is 0.213 e. The molecule has 4 aromatic heterocycles. The summed E-state index contributed by atoms with van der Waals surface area (Å²) in [6, 6.07) is 30.3. The van der Waals surface area contributed by atoms with Crippen molar-refractivity contribution in [3.8, 4) is 41.9 Å². The summed E-state index contributed by atoms with van der Waals surface area (Å²) in [4.78, 5) is 50.7. The van der Waals surface area contributed by atoms with Crippen molar-refractivity contribution in [1.82, 2.24) is 9.97 Å². The normalized spacial score (nSPS) is 14.3. The van der Waals surface area contributed by atoms with Gasteiger partial charge in [-0.05, 0) is 111 Å². The van der Waals surface area contributed by atoms with Gasteiger partial charge in [0.25, 0.3) is 0 Å². The zero-order valence-electron chi connectivity index (χ0n) is 62.8. The number of pyridine rings is 2. The van der Waals surface area contributed by atoms with Gasteiger partial charge in [-0.3, -0.25) is 19.6 Å². The fourth-order valence-electron chi connectivity index (χ4n) is 15.6. The van der Waals surface area contributed by atoms with Crippen LogP contribution in [0.5, 0.6) is 0 Å². The van der Waals surface area contributed by atoms with Gasteiger partial charge in [0.05, 0.1) is 17.1 Å². The van der Waals surface area contributed by atoms with Gasteiger partial charge in [-0.15, -0.1) is 22.7 Å². The van der Waals surface area contributed by atoms with Crippen LogP contribution in [-0.4, -0.2) is 34.6 Å². The molecule has 6 aromatic rings. The number of carbonyl (C=O) groups is 2. The molecule has 8 heteroatoms. The van der Waals surface area contributed by atoms with E-state index in [-0.39, 0.29) is 11.6 Å². The number of thiophene rings is 2. The molecule has 2 atom stereocenters. The fourth-order valence-corrected chi connectivity index (χ4v) is 17.7. The number of carbonyl (C=O) groups excluding carboxylic acids is 2. The Kier molecular flexibility index (Phi) is 36.6. The molecule has 6 heterocycles. The number of anilines is 2.